The number of hydrogen-bond acceptors (Lipinski definition) is 1. The van der Waals surface area contributed by atoms with E-state index in [2.05, 4.69) is 20.4 Å². The molecule has 19 heavy (non-hydrogen) atoms. The van der Waals surface area contributed by atoms with Gasteiger partial charge >= 0.3 is 0 Å². The number of fused-ring (bicyclic) bond motifs is 1. The molecule has 1 heteroatoms. The third-order valence-electron chi connectivity index (χ3n) is 7.22. The van der Waals surface area contributed by atoms with Crippen LogP contribution in [0.3, 0.4) is 0 Å². The van der Waals surface area contributed by atoms with Crippen LogP contribution in [0.15, 0.2) is 12.2 Å². The van der Waals surface area contributed by atoms with Crippen molar-refractivity contribution < 1.29 is 5.11 Å². The summed E-state index contributed by atoms with van der Waals surface area (Å²) in [5, 5.41) is 10.5. The first-order chi connectivity index (χ1) is 8.97. The molecule has 1 nitrogen and oxygen atoms in total. The van der Waals surface area contributed by atoms with Crippen molar-refractivity contribution in [1.82, 2.24) is 0 Å². The van der Waals surface area contributed by atoms with Crippen LogP contribution in [-0.4, -0.2) is 11.2 Å². The lowest BCUT2D eigenvalue weighted by atomic mass is 9.55. The molecular weight excluding hydrogens is 232 g/mol. The molecule has 0 saturated heterocycles. The average molecular weight is 262 g/mol. The highest BCUT2D eigenvalue weighted by Gasteiger charge is 2.51. The fourth-order valence-electron chi connectivity index (χ4n) is 5.35. The summed E-state index contributed by atoms with van der Waals surface area (Å²) in [4.78, 5) is 0. The molecule has 3 aliphatic rings. The molecule has 108 valence electrons. The van der Waals surface area contributed by atoms with E-state index in [9.17, 15) is 5.11 Å². The van der Waals surface area contributed by atoms with Crippen LogP contribution in [0.4, 0.5) is 0 Å². The Morgan fingerprint density at radius 3 is 2.58 bits per heavy atom. The van der Waals surface area contributed by atoms with E-state index in [1.165, 1.54) is 56.9 Å². The highest BCUT2D eigenvalue weighted by atomic mass is 16.3. The quantitative estimate of drug-likeness (QED) is 0.679. The van der Waals surface area contributed by atoms with Crippen LogP contribution in [-0.2, 0) is 0 Å². The Hall–Kier alpha value is -0.300. The third kappa shape index (κ3) is 2.00. The highest BCUT2D eigenvalue weighted by molar-refractivity contribution is 5.19. The predicted octanol–water partition coefficient (Wildman–Crippen LogP) is 4.70. The van der Waals surface area contributed by atoms with Crippen molar-refractivity contribution in [2.45, 2.75) is 77.7 Å². The second kappa shape index (κ2) is 4.62. The first-order valence-electron chi connectivity index (χ1n) is 8.33. The van der Waals surface area contributed by atoms with Crippen molar-refractivity contribution in [3.8, 4) is 0 Å². The summed E-state index contributed by atoms with van der Waals surface area (Å²) < 4.78 is 0. The van der Waals surface area contributed by atoms with Gasteiger partial charge in [-0.2, -0.15) is 0 Å². The average Bonchev–Trinajstić information content (AvgIpc) is 2.69. The largest absolute Gasteiger partial charge is 0.393 e. The minimum absolute atomic E-state index is 0.0554. The highest BCUT2D eigenvalue weighted by Crippen LogP contribution is 2.60. The Labute approximate surface area is 118 Å². The Morgan fingerprint density at radius 2 is 1.84 bits per heavy atom. The first-order valence-corrected chi connectivity index (χ1v) is 8.33. The normalized spacial score (nSPS) is 51.1. The summed E-state index contributed by atoms with van der Waals surface area (Å²) in [6.07, 6.45) is 11.3. The van der Waals surface area contributed by atoms with Crippen molar-refractivity contribution in [3.05, 3.63) is 12.2 Å². The van der Waals surface area contributed by atoms with Crippen LogP contribution >= 0.6 is 0 Å². The van der Waals surface area contributed by atoms with Crippen LogP contribution in [0, 0.1) is 22.7 Å². The number of aliphatic hydroxyl groups is 1. The zero-order valence-electron chi connectivity index (χ0n) is 12.8. The molecule has 0 amide bonds. The van der Waals surface area contributed by atoms with Gasteiger partial charge in [0.25, 0.3) is 0 Å². The van der Waals surface area contributed by atoms with Crippen molar-refractivity contribution >= 4 is 0 Å². The molecule has 3 aliphatic carbocycles. The summed E-state index contributed by atoms with van der Waals surface area (Å²) >= 11 is 0. The van der Waals surface area contributed by atoms with Crippen molar-refractivity contribution in [1.29, 1.82) is 0 Å². The van der Waals surface area contributed by atoms with Gasteiger partial charge in [0.1, 0.15) is 0 Å². The molecule has 0 heterocycles. The van der Waals surface area contributed by atoms with E-state index >= 15 is 0 Å². The summed E-state index contributed by atoms with van der Waals surface area (Å²) in [5.74, 6) is 1.58. The van der Waals surface area contributed by atoms with Gasteiger partial charge in [-0.1, -0.05) is 38.8 Å². The molecule has 0 radical (unpaired) electrons. The Balaban J connectivity index is 1.76. The van der Waals surface area contributed by atoms with E-state index in [1.54, 1.807) is 0 Å². The molecule has 0 aliphatic heterocycles. The fraction of sp³-hybridized carbons (Fsp3) is 0.889. The van der Waals surface area contributed by atoms with E-state index < -0.39 is 0 Å². The summed E-state index contributed by atoms with van der Waals surface area (Å²) in [6.45, 7) is 9.15. The maximum absolute atomic E-state index is 10.5. The van der Waals surface area contributed by atoms with Crippen LogP contribution in [0.1, 0.15) is 71.6 Å². The molecular formula is C18H30O. The van der Waals surface area contributed by atoms with E-state index in [0.29, 0.717) is 5.41 Å². The van der Waals surface area contributed by atoms with Crippen LogP contribution in [0.25, 0.3) is 0 Å². The third-order valence-corrected chi connectivity index (χ3v) is 7.22. The topological polar surface area (TPSA) is 20.2 Å². The van der Waals surface area contributed by atoms with E-state index in [4.69, 9.17) is 0 Å². The van der Waals surface area contributed by atoms with Gasteiger partial charge in [0.2, 0.25) is 0 Å². The van der Waals surface area contributed by atoms with Gasteiger partial charge in [0.15, 0.2) is 0 Å². The van der Waals surface area contributed by atoms with Gasteiger partial charge in [0.05, 0.1) is 6.10 Å². The van der Waals surface area contributed by atoms with Gasteiger partial charge in [-0.05, 0) is 67.6 Å². The van der Waals surface area contributed by atoms with E-state index in [0.717, 1.165) is 18.3 Å². The number of rotatable bonds is 1. The monoisotopic (exact) mass is 262 g/mol. The molecule has 0 spiro atoms. The lowest BCUT2D eigenvalue weighted by molar-refractivity contribution is -0.0674. The zero-order valence-corrected chi connectivity index (χ0v) is 12.8. The van der Waals surface area contributed by atoms with Crippen molar-refractivity contribution in [3.63, 3.8) is 0 Å². The van der Waals surface area contributed by atoms with Crippen molar-refractivity contribution in [2.24, 2.45) is 22.7 Å². The van der Waals surface area contributed by atoms with Crippen LogP contribution in [0.2, 0.25) is 0 Å². The predicted molar refractivity (Wildman–Crippen MR) is 79.9 cm³/mol. The second-order valence-corrected chi connectivity index (χ2v) is 8.00. The minimum atomic E-state index is -0.0554. The smallest absolute Gasteiger partial charge is 0.0596 e. The molecule has 0 aromatic rings. The van der Waals surface area contributed by atoms with Gasteiger partial charge in [-0.25, -0.2) is 0 Å². The Kier molecular flexibility index (Phi) is 3.32. The molecule has 1 N–H and O–H groups in total. The number of hydrogen-bond donors (Lipinski definition) is 1. The van der Waals surface area contributed by atoms with Gasteiger partial charge in [0, 0.05) is 0 Å². The van der Waals surface area contributed by atoms with Gasteiger partial charge in [-0.3, -0.25) is 0 Å². The standard InChI is InChI=1S/C18H30O/c1-13-7-8-14-12-15(9-11-17(13,14)2)18(3)10-5-4-6-16(18)19/h14-16,19H,1,4-12H2,2-3H3/t14?,15?,16-,17+,18+/m0/s1. The molecule has 0 aromatic heterocycles. The van der Waals surface area contributed by atoms with Crippen LogP contribution in [0.5, 0.6) is 0 Å². The van der Waals surface area contributed by atoms with Crippen molar-refractivity contribution in [2.75, 3.05) is 0 Å². The molecule has 2 unspecified atom stereocenters. The molecule has 3 saturated carbocycles. The van der Waals surface area contributed by atoms with Crippen LogP contribution < -0.4 is 0 Å². The lowest BCUT2D eigenvalue weighted by Crippen LogP contribution is -2.45. The second-order valence-electron chi connectivity index (χ2n) is 8.00. The first kappa shape index (κ1) is 13.7. The van der Waals surface area contributed by atoms with Gasteiger partial charge in [-0.15, -0.1) is 0 Å². The van der Waals surface area contributed by atoms with E-state index in [-0.39, 0.29) is 11.5 Å². The minimum Gasteiger partial charge on any atom is -0.393 e. The fourth-order valence-corrected chi connectivity index (χ4v) is 5.35. The molecule has 0 aromatic carbocycles. The maximum atomic E-state index is 10.5. The molecule has 5 atom stereocenters. The zero-order chi connectivity index (χ0) is 13.7. The SMILES string of the molecule is C=C1CCC2CC([C@@]3(C)CCCC[C@@H]3O)CC[C@]12C. The Bertz CT molecular complexity index is 374. The molecule has 0 bridgehead atoms. The Morgan fingerprint density at radius 1 is 1.05 bits per heavy atom. The summed E-state index contributed by atoms with van der Waals surface area (Å²) in [5.41, 5.74) is 2.13. The summed E-state index contributed by atoms with van der Waals surface area (Å²) in [7, 11) is 0. The molecule has 3 fully saturated rings. The number of allylic oxidation sites excluding steroid dienone is 1. The van der Waals surface area contributed by atoms with Gasteiger partial charge < -0.3 is 5.11 Å². The number of aliphatic hydroxyl groups excluding tert-OH is 1. The van der Waals surface area contributed by atoms with E-state index in [1.807, 2.05) is 0 Å². The maximum Gasteiger partial charge on any atom is 0.0596 e. The lowest BCUT2D eigenvalue weighted by Gasteiger charge is -2.51. The summed E-state index contributed by atoms with van der Waals surface area (Å²) in [6, 6.07) is 0. The molecule has 3 rings (SSSR count).